The summed E-state index contributed by atoms with van der Waals surface area (Å²) in [5, 5.41) is 0. The SMILES string of the molecule is CCCCOCCOc1ncc(C)cc1Br. The minimum absolute atomic E-state index is 0.540. The molecule has 1 heterocycles. The van der Waals surface area contributed by atoms with E-state index in [1.807, 2.05) is 13.0 Å². The number of pyridine rings is 1. The topological polar surface area (TPSA) is 31.4 Å². The van der Waals surface area contributed by atoms with Gasteiger partial charge >= 0.3 is 0 Å². The van der Waals surface area contributed by atoms with E-state index >= 15 is 0 Å². The van der Waals surface area contributed by atoms with Crippen molar-refractivity contribution in [2.45, 2.75) is 26.7 Å². The Morgan fingerprint density at radius 1 is 1.31 bits per heavy atom. The van der Waals surface area contributed by atoms with E-state index in [9.17, 15) is 0 Å². The third-order valence-electron chi connectivity index (χ3n) is 2.05. The second-order valence-corrected chi connectivity index (χ2v) is 4.47. The van der Waals surface area contributed by atoms with Crippen LogP contribution in [0.15, 0.2) is 16.7 Å². The maximum absolute atomic E-state index is 5.49. The van der Waals surface area contributed by atoms with Gasteiger partial charge in [-0.3, -0.25) is 0 Å². The second kappa shape index (κ2) is 7.63. The Hall–Kier alpha value is -0.610. The Balaban J connectivity index is 2.21. The van der Waals surface area contributed by atoms with Crippen LogP contribution in [0.4, 0.5) is 0 Å². The van der Waals surface area contributed by atoms with Crippen molar-refractivity contribution < 1.29 is 9.47 Å². The van der Waals surface area contributed by atoms with E-state index in [2.05, 4.69) is 27.8 Å². The average Bonchev–Trinajstić information content (AvgIpc) is 2.26. The van der Waals surface area contributed by atoms with E-state index in [1.165, 1.54) is 0 Å². The molecular weight excluding hydrogens is 270 g/mol. The summed E-state index contributed by atoms with van der Waals surface area (Å²) in [7, 11) is 0. The Kier molecular flexibility index (Phi) is 6.42. The molecule has 0 aromatic carbocycles. The molecule has 0 aliphatic rings. The molecule has 0 N–H and O–H groups in total. The van der Waals surface area contributed by atoms with Crippen LogP contribution in [0.25, 0.3) is 0 Å². The van der Waals surface area contributed by atoms with Gasteiger partial charge in [-0.15, -0.1) is 0 Å². The Morgan fingerprint density at radius 2 is 2.12 bits per heavy atom. The maximum Gasteiger partial charge on any atom is 0.228 e. The minimum atomic E-state index is 0.540. The highest BCUT2D eigenvalue weighted by Gasteiger charge is 2.02. The van der Waals surface area contributed by atoms with Crippen LogP contribution in [0.2, 0.25) is 0 Å². The van der Waals surface area contributed by atoms with Crippen LogP contribution in [-0.4, -0.2) is 24.8 Å². The van der Waals surface area contributed by atoms with Gasteiger partial charge in [0.15, 0.2) is 0 Å². The van der Waals surface area contributed by atoms with Crippen LogP contribution < -0.4 is 4.74 Å². The first-order valence-electron chi connectivity index (χ1n) is 5.56. The standard InChI is InChI=1S/C12H18BrNO2/c1-3-4-5-15-6-7-16-12-11(13)8-10(2)9-14-12/h8-9H,3-7H2,1-2H3. The Bertz CT molecular complexity index is 318. The van der Waals surface area contributed by atoms with Crippen molar-refractivity contribution in [3.05, 3.63) is 22.3 Å². The molecule has 0 atom stereocenters. The Labute approximate surface area is 105 Å². The first-order valence-corrected chi connectivity index (χ1v) is 6.36. The minimum Gasteiger partial charge on any atom is -0.474 e. The van der Waals surface area contributed by atoms with Crippen molar-refractivity contribution in [3.8, 4) is 5.88 Å². The zero-order chi connectivity index (χ0) is 11.8. The molecule has 1 rings (SSSR count). The number of aryl methyl sites for hydroxylation is 1. The van der Waals surface area contributed by atoms with Gasteiger partial charge < -0.3 is 9.47 Å². The van der Waals surface area contributed by atoms with Crippen LogP contribution in [0.5, 0.6) is 5.88 Å². The van der Waals surface area contributed by atoms with Crippen molar-refractivity contribution in [3.63, 3.8) is 0 Å². The highest BCUT2D eigenvalue weighted by Crippen LogP contribution is 2.22. The number of nitrogens with zero attached hydrogens (tertiary/aromatic N) is 1. The van der Waals surface area contributed by atoms with Crippen LogP contribution in [0.3, 0.4) is 0 Å². The summed E-state index contributed by atoms with van der Waals surface area (Å²) in [5.74, 6) is 0.629. The molecular formula is C12H18BrNO2. The summed E-state index contributed by atoms with van der Waals surface area (Å²) < 4.78 is 11.8. The number of halogens is 1. The molecule has 0 saturated heterocycles. The fraction of sp³-hybridized carbons (Fsp3) is 0.583. The summed E-state index contributed by atoms with van der Waals surface area (Å²) >= 11 is 3.41. The number of rotatable bonds is 7. The smallest absolute Gasteiger partial charge is 0.228 e. The third-order valence-corrected chi connectivity index (χ3v) is 2.62. The number of aromatic nitrogens is 1. The number of ether oxygens (including phenoxy) is 2. The predicted octanol–water partition coefficient (Wildman–Crippen LogP) is 3.35. The lowest BCUT2D eigenvalue weighted by atomic mass is 10.3. The summed E-state index contributed by atoms with van der Waals surface area (Å²) in [6, 6.07) is 1.99. The molecule has 0 aliphatic carbocycles. The molecule has 0 spiro atoms. The molecule has 0 unspecified atom stereocenters. The zero-order valence-electron chi connectivity index (χ0n) is 9.83. The van der Waals surface area contributed by atoms with E-state index in [0.29, 0.717) is 19.1 Å². The molecule has 3 nitrogen and oxygen atoms in total. The lowest BCUT2D eigenvalue weighted by molar-refractivity contribution is 0.0962. The van der Waals surface area contributed by atoms with Gasteiger partial charge in [0.25, 0.3) is 0 Å². The van der Waals surface area contributed by atoms with Crippen LogP contribution in [0, 0.1) is 6.92 Å². The summed E-state index contributed by atoms with van der Waals surface area (Å²) in [4.78, 5) is 4.19. The second-order valence-electron chi connectivity index (χ2n) is 3.61. The van der Waals surface area contributed by atoms with E-state index < -0.39 is 0 Å². The van der Waals surface area contributed by atoms with Gasteiger partial charge in [0, 0.05) is 12.8 Å². The largest absolute Gasteiger partial charge is 0.474 e. The van der Waals surface area contributed by atoms with E-state index in [1.54, 1.807) is 6.20 Å². The molecule has 4 heteroatoms. The van der Waals surface area contributed by atoms with Crippen molar-refractivity contribution in [2.24, 2.45) is 0 Å². The molecule has 16 heavy (non-hydrogen) atoms. The lowest BCUT2D eigenvalue weighted by Crippen LogP contribution is -2.08. The van der Waals surface area contributed by atoms with E-state index in [-0.39, 0.29) is 0 Å². The quantitative estimate of drug-likeness (QED) is 0.721. The normalized spacial score (nSPS) is 10.4. The van der Waals surface area contributed by atoms with Gasteiger partial charge in [0.1, 0.15) is 6.61 Å². The fourth-order valence-corrected chi connectivity index (χ4v) is 1.75. The number of hydrogen-bond acceptors (Lipinski definition) is 3. The molecule has 0 aliphatic heterocycles. The molecule has 0 fully saturated rings. The van der Waals surface area contributed by atoms with Gasteiger partial charge in [-0.05, 0) is 40.9 Å². The third kappa shape index (κ3) is 4.94. The molecule has 0 saturated carbocycles. The molecule has 1 aromatic rings. The van der Waals surface area contributed by atoms with Gasteiger partial charge in [0.2, 0.25) is 5.88 Å². The predicted molar refractivity (Wildman–Crippen MR) is 67.9 cm³/mol. The average molecular weight is 288 g/mol. The number of hydrogen-bond donors (Lipinski definition) is 0. The fourth-order valence-electron chi connectivity index (χ4n) is 1.17. The first-order chi connectivity index (χ1) is 7.74. The molecule has 0 bridgehead atoms. The highest BCUT2D eigenvalue weighted by atomic mass is 79.9. The van der Waals surface area contributed by atoms with Crippen molar-refractivity contribution in [1.82, 2.24) is 4.98 Å². The van der Waals surface area contributed by atoms with E-state index in [4.69, 9.17) is 9.47 Å². The highest BCUT2D eigenvalue weighted by molar-refractivity contribution is 9.10. The van der Waals surface area contributed by atoms with Gasteiger partial charge in [-0.1, -0.05) is 13.3 Å². The van der Waals surface area contributed by atoms with Crippen LogP contribution >= 0.6 is 15.9 Å². The van der Waals surface area contributed by atoms with Crippen molar-refractivity contribution >= 4 is 15.9 Å². The van der Waals surface area contributed by atoms with Gasteiger partial charge in [-0.25, -0.2) is 4.98 Å². The molecule has 1 aromatic heterocycles. The molecule has 0 amide bonds. The van der Waals surface area contributed by atoms with E-state index in [0.717, 1.165) is 29.5 Å². The van der Waals surface area contributed by atoms with Gasteiger partial charge in [-0.2, -0.15) is 0 Å². The molecule has 0 radical (unpaired) electrons. The monoisotopic (exact) mass is 287 g/mol. The molecule has 90 valence electrons. The summed E-state index contributed by atoms with van der Waals surface area (Å²) in [5.41, 5.74) is 1.11. The first kappa shape index (κ1) is 13.5. The maximum atomic E-state index is 5.49. The summed E-state index contributed by atoms with van der Waals surface area (Å²) in [6.07, 6.45) is 4.05. The van der Waals surface area contributed by atoms with Crippen LogP contribution in [0.1, 0.15) is 25.3 Å². The summed E-state index contributed by atoms with van der Waals surface area (Å²) in [6.45, 7) is 6.10. The van der Waals surface area contributed by atoms with Crippen LogP contribution in [-0.2, 0) is 4.74 Å². The zero-order valence-corrected chi connectivity index (χ0v) is 11.4. The number of unbranched alkanes of at least 4 members (excludes halogenated alkanes) is 1. The Morgan fingerprint density at radius 3 is 2.81 bits per heavy atom. The van der Waals surface area contributed by atoms with Crippen molar-refractivity contribution in [2.75, 3.05) is 19.8 Å². The lowest BCUT2D eigenvalue weighted by Gasteiger charge is -2.07. The van der Waals surface area contributed by atoms with Gasteiger partial charge in [0.05, 0.1) is 11.1 Å². The van der Waals surface area contributed by atoms with Crippen molar-refractivity contribution in [1.29, 1.82) is 0 Å².